The average Bonchev–Trinajstić information content (AvgIpc) is 3.50. The van der Waals surface area contributed by atoms with E-state index in [9.17, 15) is 4.39 Å². The van der Waals surface area contributed by atoms with E-state index in [4.69, 9.17) is 4.74 Å². The molecule has 5 nitrogen and oxygen atoms in total. The van der Waals surface area contributed by atoms with Gasteiger partial charge in [-0.2, -0.15) is 0 Å². The second-order valence-corrected chi connectivity index (χ2v) is 7.27. The monoisotopic (exact) mass is 512 g/mol. The van der Waals surface area contributed by atoms with Gasteiger partial charge in [0, 0.05) is 12.7 Å². The Morgan fingerprint density at radius 2 is 2.14 bits per heavy atom. The number of aromatic nitrogens is 1. The van der Waals surface area contributed by atoms with Gasteiger partial charge in [-0.05, 0) is 68.9 Å². The molecule has 1 fully saturated rings. The van der Waals surface area contributed by atoms with E-state index >= 15 is 0 Å². The number of benzene rings is 1. The van der Waals surface area contributed by atoms with Crippen molar-refractivity contribution >= 4 is 29.9 Å². The summed E-state index contributed by atoms with van der Waals surface area (Å²) in [6.07, 6.45) is 4.15. The van der Waals surface area contributed by atoms with E-state index in [0.29, 0.717) is 30.8 Å². The van der Waals surface area contributed by atoms with E-state index in [0.717, 1.165) is 23.4 Å². The second kappa shape index (κ2) is 11.3. The highest BCUT2D eigenvalue weighted by atomic mass is 127. The van der Waals surface area contributed by atoms with Gasteiger partial charge < -0.3 is 15.4 Å². The van der Waals surface area contributed by atoms with Crippen LogP contribution in [0.5, 0.6) is 5.75 Å². The van der Waals surface area contributed by atoms with Crippen LogP contribution in [-0.4, -0.2) is 24.1 Å². The molecule has 1 aliphatic carbocycles. The zero-order valence-electron chi connectivity index (χ0n) is 17.2. The molecule has 1 saturated carbocycles. The Labute approximate surface area is 189 Å². The van der Waals surface area contributed by atoms with Gasteiger partial charge in [-0.1, -0.05) is 12.1 Å². The predicted molar refractivity (Wildman–Crippen MR) is 125 cm³/mol. The minimum Gasteiger partial charge on any atom is -0.490 e. The van der Waals surface area contributed by atoms with Gasteiger partial charge in [-0.15, -0.1) is 24.0 Å². The number of ether oxygens (including phenoxy) is 1. The van der Waals surface area contributed by atoms with Gasteiger partial charge in [-0.25, -0.2) is 9.38 Å². The van der Waals surface area contributed by atoms with Gasteiger partial charge in [0.05, 0.1) is 24.9 Å². The molecule has 0 radical (unpaired) electrons. The number of hydrogen-bond acceptors (Lipinski definition) is 3. The fraction of sp³-hybridized carbons (Fsp3) is 0.455. The zero-order valence-corrected chi connectivity index (χ0v) is 19.6. The average molecular weight is 512 g/mol. The molecule has 0 aliphatic heterocycles. The summed E-state index contributed by atoms with van der Waals surface area (Å²) in [6, 6.07) is 8.99. The first-order valence-corrected chi connectivity index (χ1v) is 9.94. The van der Waals surface area contributed by atoms with Crippen LogP contribution in [0.25, 0.3) is 0 Å². The van der Waals surface area contributed by atoms with Crippen molar-refractivity contribution < 1.29 is 9.13 Å². The van der Waals surface area contributed by atoms with Crippen LogP contribution in [0.15, 0.2) is 41.5 Å². The van der Waals surface area contributed by atoms with Crippen LogP contribution in [-0.2, 0) is 6.54 Å². The summed E-state index contributed by atoms with van der Waals surface area (Å²) in [6.45, 7) is 7.85. The highest BCUT2D eigenvalue weighted by Gasteiger charge is 2.22. The first kappa shape index (κ1) is 23.4. The summed E-state index contributed by atoms with van der Waals surface area (Å²) >= 11 is 0. The number of nitrogens with zero attached hydrogens (tertiary/aromatic N) is 2. The Bertz CT molecular complexity index is 826. The lowest BCUT2D eigenvalue weighted by Crippen LogP contribution is -2.38. The number of nitrogens with one attached hydrogen (secondary N) is 2. The van der Waals surface area contributed by atoms with Crippen molar-refractivity contribution in [3.05, 3.63) is 59.2 Å². The van der Waals surface area contributed by atoms with Gasteiger partial charge >= 0.3 is 0 Å². The summed E-state index contributed by atoms with van der Waals surface area (Å²) < 4.78 is 19.9. The smallest absolute Gasteiger partial charge is 0.192 e. The Kier molecular flexibility index (Phi) is 9.13. The van der Waals surface area contributed by atoms with Crippen molar-refractivity contribution in [2.45, 2.75) is 46.2 Å². The molecule has 1 aromatic heterocycles. The Hall–Kier alpha value is -1.90. The van der Waals surface area contributed by atoms with Crippen molar-refractivity contribution in [2.24, 2.45) is 10.9 Å². The standard InChI is InChI=1S/C22H29FN4O.HI/c1-4-24-22(26-13-20-15(2)6-5-11-25-20)27-16(3)18-9-10-21(19(23)12-18)28-14-17-7-8-17;/h5-6,9-12,16-17H,4,7-8,13-14H2,1-3H3,(H2,24,26,27);1H. The molecule has 1 heterocycles. The molecule has 0 bridgehead atoms. The maximum absolute atomic E-state index is 14.4. The summed E-state index contributed by atoms with van der Waals surface area (Å²) in [5.74, 6) is 1.28. The lowest BCUT2D eigenvalue weighted by atomic mass is 10.1. The number of halogens is 2. The molecular formula is C22H30FIN4O. The third-order valence-corrected chi connectivity index (χ3v) is 4.83. The molecule has 1 atom stereocenters. The molecule has 1 unspecified atom stereocenters. The van der Waals surface area contributed by atoms with Crippen molar-refractivity contribution in [1.29, 1.82) is 0 Å². The highest BCUT2D eigenvalue weighted by molar-refractivity contribution is 14.0. The van der Waals surface area contributed by atoms with E-state index in [1.165, 1.54) is 18.9 Å². The summed E-state index contributed by atoms with van der Waals surface area (Å²) in [7, 11) is 0. The summed E-state index contributed by atoms with van der Waals surface area (Å²) in [4.78, 5) is 9.00. The number of rotatable bonds is 8. The first-order valence-electron chi connectivity index (χ1n) is 9.94. The van der Waals surface area contributed by atoms with Crippen LogP contribution in [0, 0.1) is 18.7 Å². The second-order valence-electron chi connectivity index (χ2n) is 7.27. The molecule has 29 heavy (non-hydrogen) atoms. The third-order valence-electron chi connectivity index (χ3n) is 4.83. The van der Waals surface area contributed by atoms with Gasteiger partial charge in [0.15, 0.2) is 17.5 Å². The molecule has 2 N–H and O–H groups in total. The number of pyridine rings is 1. The fourth-order valence-corrected chi connectivity index (χ4v) is 2.84. The van der Waals surface area contributed by atoms with E-state index < -0.39 is 0 Å². The number of guanidine groups is 1. The molecular weight excluding hydrogens is 482 g/mol. The molecule has 1 aliphatic rings. The first-order chi connectivity index (χ1) is 13.6. The van der Waals surface area contributed by atoms with Crippen LogP contribution in [0.1, 0.15) is 49.6 Å². The minimum atomic E-state index is -0.321. The van der Waals surface area contributed by atoms with E-state index in [1.54, 1.807) is 12.3 Å². The minimum absolute atomic E-state index is 0. The third kappa shape index (κ3) is 7.13. The van der Waals surface area contributed by atoms with Crippen molar-refractivity contribution in [2.75, 3.05) is 13.2 Å². The van der Waals surface area contributed by atoms with E-state index in [1.807, 2.05) is 39.0 Å². The fourth-order valence-electron chi connectivity index (χ4n) is 2.84. The number of aryl methyl sites for hydroxylation is 1. The number of hydrogen-bond donors (Lipinski definition) is 2. The largest absolute Gasteiger partial charge is 0.490 e. The Balaban J connectivity index is 0.00000300. The quantitative estimate of drug-likeness (QED) is 0.305. The maximum atomic E-state index is 14.4. The lowest BCUT2D eigenvalue weighted by Gasteiger charge is -2.19. The van der Waals surface area contributed by atoms with E-state index in [2.05, 4.69) is 20.6 Å². The Morgan fingerprint density at radius 1 is 1.34 bits per heavy atom. The molecule has 1 aromatic carbocycles. The predicted octanol–water partition coefficient (Wildman–Crippen LogP) is 4.75. The van der Waals surface area contributed by atoms with E-state index in [-0.39, 0.29) is 35.8 Å². The molecule has 0 spiro atoms. The van der Waals surface area contributed by atoms with Crippen molar-refractivity contribution in [3.8, 4) is 5.75 Å². The maximum Gasteiger partial charge on any atom is 0.192 e. The van der Waals surface area contributed by atoms with Gasteiger partial charge in [0.2, 0.25) is 0 Å². The summed E-state index contributed by atoms with van der Waals surface area (Å²) in [5.41, 5.74) is 2.89. The SMILES string of the molecule is CCNC(=NCc1ncccc1C)NC(C)c1ccc(OCC2CC2)c(F)c1.I. The van der Waals surface area contributed by atoms with Crippen LogP contribution in [0.4, 0.5) is 4.39 Å². The topological polar surface area (TPSA) is 58.5 Å². The summed E-state index contributed by atoms with van der Waals surface area (Å²) in [5, 5.41) is 6.57. The van der Waals surface area contributed by atoms with Crippen LogP contribution >= 0.6 is 24.0 Å². The Morgan fingerprint density at radius 3 is 2.79 bits per heavy atom. The molecule has 7 heteroatoms. The van der Waals surface area contributed by atoms with Gasteiger partial charge in [0.25, 0.3) is 0 Å². The lowest BCUT2D eigenvalue weighted by molar-refractivity contribution is 0.285. The molecule has 158 valence electrons. The van der Waals surface area contributed by atoms with Crippen molar-refractivity contribution in [1.82, 2.24) is 15.6 Å². The van der Waals surface area contributed by atoms with Crippen LogP contribution in [0.3, 0.4) is 0 Å². The van der Waals surface area contributed by atoms with Gasteiger partial charge in [-0.3, -0.25) is 4.98 Å². The van der Waals surface area contributed by atoms with Crippen LogP contribution < -0.4 is 15.4 Å². The number of aliphatic imine (C=N–C) groups is 1. The van der Waals surface area contributed by atoms with Crippen LogP contribution in [0.2, 0.25) is 0 Å². The molecule has 0 saturated heterocycles. The molecule has 0 amide bonds. The zero-order chi connectivity index (χ0) is 19.9. The van der Waals surface area contributed by atoms with Gasteiger partial charge in [0.1, 0.15) is 0 Å². The normalized spacial score (nSPS) is 14.7. The highest BCUT2D eigenvalue weighted by Crippen LogP contribution is 2.30. The molecule has 3 rings (SSSR count). The van der Waals surface area contributed by atoms with Crippen molar-refractivity contribution in [3.63, 3.8) is 0 Å². The molecule has 2 aromatic rings.